The van der Waals surface area contributed by atoms with Crippen molar-refractivity contribution in [2.75, 3.05) is 63.3 Å². The predicted octanol–water partition coefficient (Wildman–Crippen LogP) is 6.50. The van der Waals surface area contributed by atoms with E-state index in [1.54, 1.807) is 12.1 Å². The Labute approximate surface area is 260 Å². The number of benzene rings is 3. The van der Waals surface area contributed by atoms with Gasteiger partial charge in [0.2, 0.25) is 0 Å². The molecule has 0 aromatic heterocycles. The van der Waals surface area contributed by atoms with Gasteiger partial charge in [-0.15, -0.1) is 0 Å². The van der Waals surface area contributed by atoms with Crippen molar-refractivity contribution in [2.45, 2.75) is 24.3 Å². The lowest BCUT2D eigenvalue weighted by Crippen LogP contribution is -2.47. The largest absolute Gasteiger partial charge is 0.416 e. The highest BCUT2D eigenvalue weighted by molar-refractivity contribution is 5.95. The van der Waals surface area contributed by atoms with Crippen LogP contribution in [0.3, 0.4) is 0 Å². The Morgan fingerprint density at radius 2 is 1.37 bits per heavy atom. The minimum atomic E-state index is -5.09. The van der Waals surface area contributed by atoms with Crippen LogP contribution < -0.4 is 9.80 Å². The first kappa shape index (κ1) is 33.0. The molecule has 3 aromatic carbocycles. The molecule has 0 aliphatic carbocycles. The average Bonchev–Trinajstić information content (AvgIpc) is 3.48. The van der Waals surface area contributed by atoms with Gasteiger partial charge >= 0.3 is 18.4 Å². The van der Waals surface area contributed by atoms with Crippen molar-refractivity contribution in [1.82, 2.24) is 9.80 Å². The van der Waals surface area contributed by atoms with Crippen molar-refractivity contribution in [2.24, 2.45) is 0 Å². The zero-order chi connectivity index (χ0) is 33.4. The molecule has 14 heteroatoms. The van der Waals surface area contributed by atoms with Gasteiger partial charge in [0.1, 0.15) is 5.82 Å². The number of carbonyl (C=O) groups excluding carboxylic acids is 2. The summed E-state index contributed by atoms with van der Waals surface area (Å²) in [5.74, 6) is -1.36. The number of hydrogen-bond donors (Lipinski definition) is 0. The number of hydrogen-bond acceptors (Lipinski definition) is 4. The number of likely N-dealkylation sites (N-methyl/N-ethyl adjacent to an activating group) is 1. The van der Waals surface area contributed by atoms with Gasteiger partial charge in [0.05, 0.1) is 30.4 Å². The third kappa shape index (κ3) is 7.06. The molecule has 2 heterocycles. The lowest BCUT2D eigenvalue weighted by molar-refractivity contribution is -0.143. The summed E-state index contributed by atoms with van der Waals surface area (Å²) in [6.07, 6.45) is -10.2. The van der Waals surface area contributed by atoms with Crippen LogP contribution in [0.25, 0.3) is 0 Å². The van der Waals surface area contributed by atoms with E-state index in [0.717, 1.165) is 12.7 Å². The van der Waals surface area contributed by atoms with Crippen LogP contribution in [0.15, 0.2) is 66.7 Å². The summed E-state index contributed by atoms with van der Waals surface area (Å²) in [7, 11) is 2.44. The van der Waals surface area contributed by atoms with E-state index in [-0.39, 0.29) is 25.1 Å². The summed E-state index contributed by atoms with van der Waals surface area (Å²) in [5.41, 5.74) is -1.79. The fourth-order valence-electron chi connectivity index (χ4n) is 5.82. The quantitative estimate of drug-likeness (QED) is 0.296. The van der Waals surface area contributed by atoms with Crippen LogP contribution in [0.4, 0.5) is 46.9 Å². The van der Waals surface area contributed by atoms with E-state index in [4.69, 9.17) is 4.74 Å². The van der Waals surface area contributed by atoms with Crippen molar-refractivity contribution in [3.63, 3.8) is 0 Å². The number of alkyl halides is 6. The molecule has 3 amide bonds. The van der Waals surface area contributed by atoms with Crippen LogP contribution in [0.1, 0.15) is 33.0 Å². The molecule has 0 bridgehead atoms. The molecule has 5 rings (SSSR count). The fourth-order valence-corrected chi connectivity index (χ4v) is 5.82. The number of halogens is 7. The van der Waals surface area contributed by atoms with Gasteiger partial charge in [0, 0.05) is 63.1 Å². The summed E-state index contributed by atoms with van der Waals surface area (Å²) in [5, 5.41) is 0. The Bertz CT molecular complexity index is 1520. The van der Waals surface area contributed by atoms with E-state index < -0.39 is 53.0 Å². The van der Waals surface area contributed by atoms with Crippen LogP contribution in [-0.2, 0) is 17.1 Å². The number of carbonyl (C=O) groups is 2. The summed E-state index contributed by atoms with van der Waals surface area (Å²) in [6.45, 7) is 2.77. The highest BCUT2D eigenvalue weighted by atomic mass is 19.4. The molecule has 2 atom stereocenters. The monoisotopic (exact) mass is 652 g/mol. The maximum atomic E-state index is 13.8. The van der Waals surface area contributed by atoms with Gasteiger partial charge in [-0.25, -0.2) is 9.18 Å². The van der Waals surface area contributed by atoms with E-state index in [9.17, 15) is 40.3 Å². The van der Waals surface area contributed by atoms with E-state index in [1.807, 2.05) is 12.1 Å². The molecule has 2 aliphatic rings. The molecular formula is C32H31F7N4O3. The average molecular weight is 653 g/mol. The Hall–Kier alpha value is -4.33. The molecule has 0 saturated carbocycles. The van der Waals surface area contributed by atoms with Crippen molar-refractivity contribution < 1.29 is 45.1 Å². The summed E-state index contributed by atoms with van der Waals surface area (Å²) < 4.78 is 100. The first-order valence-electron chi connectivity index (χ1n) is 14.4. The minimum Gasteiger partial charge on any atom is -0.378 e. The normalized spacial score (nSPS) is 18.9. The van der Waals surface area contributed by atoms with Crippen molar-refractivity contribution >= 4 is 23.3 Å². The SMILES string of the molecule is CN(C(=O)N(C)C1CN(C(=O)c2ccc(N3CCOCC3)cc2)CC1c1ccc(F)cc1)c1cc(C(F)(F)F)cc(C(F)(F)F)c1. The lowest BCUT2D eigenvalue weighted by Gasteiger charge is -2.33. The number of amides is 3. The van der Waals surface area contributed by atoms with E-state index in [0.29, 0.717) is 54.5 Å². The first-order valence-corrected chi connectivity index (χ1v) is 14.4. The number of ether oxygens (including phenoxy) is 1. The van der Waals surface area contributed by atoms with Crippen LogP contribution in [-0.4, -0.2) is 81.3 Å². The van der Waals surface area contributed by atoms with Gasteiger partial charge in [0.15, 0.2) is 0 Å². The minimum absolute atomic E-state index is 0.00988. The number of morpholine rings is 1. The third-order valence-corrected chi connectivity index (χ3v) is 8.41. The fraction of sp³-hybridized carbons (Fsp3) is 0.375. The second-order valence-corrected chi connectivity index (χ2v) is 11.3. The number of urea groups is 1. The molecule has 0 N–H and O–H groups in total. The molecule has 7 nitrogen and oxygen atoms in total. The number of anilines is 2. The standard InChI is InChI=1S/C32H31F7N4O3/c1-40(26-16-22(31(34,35)36)15-23(17-26)32(37,38)39)30(45)41(2)28-19-43(18-27(28)20-3-7-24(33)8-4-20)29(44)21-5-9-25(10-6-21)42-11-13-46-14-12-42/h3-10,15-17,27-28H,11-14,18-19H2,1-2H3. The van der Waals surface area contributed by atoms with Crippen molar-refractivity contribution in [3.05, 3.63) is 94.8 Å². The molecule has 0 radical (unpaired) electrons. The molecule has 246 valence electrons. The number of rotatable bonds is 5. The molecular weight excluding hydrogens is 621 g/mol. The topological polar surface area (TPSA) is 56.3 Å². The molecule has 2 aliphatic heterocycles. The maximum absolute atomic E-state index is 13.8. The number of nitrogens with zero attached hydrogens (tertiary/aromatic N) is 4. The molecule has 46 heavy (non-hydrogen) atoms. The Kier molecular flexibility index (Phi) is 9.21. The summed E-state index contributed by atoms with van der Waals surface area (Å²) in [6, 6.07) is 11.9. The molecule has 3 aromatic rings. The highest BCUT2D eigenvalue weighted by Crippen LogP contribution is 2.39. The second kappa shape index (κ2) is 12.8. The van der Waals surface area contributed by atoms with E-state index in [1.165, 1.54) is 41.1 Å². The van der Waals surface area contributed by atoms with Crippen LogP contribution >= 0.6 is 0 Å². The predicted molar refractivity (Wildman–Crippen MR) is 156 cm³/mol. The van der Waals surface area contributed by atoms with Crippen LogP contribution in [0.5, 0.6) is 0 Å². The zero-order valence-electron chi connectivity index (χ0n) is 24.9. The van der Waals surface area contributed by atoms with Crippen molar-refractivity contribution in [1.29, 1.82) is 0 Å². The van der Waals surface area contributed by atoms with Gasteiger partial charge in [-0.1, -0.05) is 12.1 Å². The number of likely N-dealkylation sites (tertiary alicyclic amines) is 1. The molecule has 2 fully saturated rings. The maximum Gasteiger partial charge on any atom is 0.416 e. The Balaban J connectivity index is 1.41. The second-order valence-electron chi connectivity index (χ2n) is 11.3. The van der Waals surface area contributed by atoms with Gasteiger partial charge in [-0.2, -0.15) is 26.3 Å². The first-order chi connectivity index (χ1) is 21.6. The molecule has 2 unspecified atom stereocenters. The van der Waals surface area contributed by atoms with Crippen LogP contribution in [0.2, 0.25) is 0 Å². The smallest absolute Gasteiger partial charge is 0.378 e. The third-order valence-electron chi connectivity index (χ3n) is 8.41. The zero-order valence-corrected chi connectivity index (χ0v) is 24.9. The van der Waals surface area contributed by atoms with Crippen LogP contribution in [0, 0.1) is 5.82 Å². The van der Waals surface area contributed by atoms with Gasteiger partial charge in [0.25, 0.3) is 5.91 Å². The van der Waals surface area contributed by atoms with Gasteiger partial charge in [-0.05, 0) is 60.2 Å². The van der Waals surface area contributed by atoms with Gasteiger partial charge < -0.3 is 19.4 Å². The highest BCUT2D eigenvalue weighted by Gasteiger charge is 2.42. The molecule has 2 saturated heterocycles. The van der Waals surface area contributed by atoms with E-state index in [2.05, 4.69) is 4.90 Å². The Morgan fingerprint density at radius 3 is 1.91 bits per heavy atom. The Morgan fingerprint density at radius 1 is 0.804 bits per heavy atom. The summed E-state index contributed by atoms with van der Waals surface area (Å²) >= 11 is 0. The van der Waals surface area contributed by atoms with Crippen molar-refractivity contribution in [3.8, 4) is 0 Å². The van der Waals surface area contributed by atoms with Gasteiger partial charge in [-0.3, -0.25) is 9.69 Å². The summed E-state index contributed by atoms with van der Waals surface area (Å²) in [4.78, 5) is 32.8. The van der Waals surface area contributed by atoms with E-state index >= 15 is 0 Å². The molecule has 0 spiro atoms. The lowest BCUT2D eigenvalue weighted by atomic mass is 9.93.